The topological polar surface area (TPSA) is 77.0 Å². The van der Waals surface area contributed by atoms with E-state index in [2.05, 4.69) is 11.9 Å². The third-order valence-electron chi connectivity index (χ3n) is 2.74. The SMILES string of the molecule is C=CCNC(=O)OCC(O)C1COc2ccccc2O1. The molecule has 1 aromatic rings. The molecule has 0 aromatic heterocycles. The molecule has 0 radical (unpaired) electrons. The molecule has 1 aliphatic rings. The number of aliphatic hydroxyl groups is 1. The number of ether oxygens (including phenoxy) is 3. The van der Waals surface area contributed by atoms with Gasteiger partial charge in [-0.25, -0.2) is 4.79 Å². The molecule has 2 unspecified atom stereocenters. The van der Waals surface area contributed by atoms with Crippen molar-refractivity contribution in [1.82, 2.24) is 5.32 Å². The first-order valence-electron chi connectivity index (χ1n) is 6.28. The van der Waals surface area contributed by atoms with Crippen LogP contribution >= 0.6 is 0 Å². The highest BCUT2D eigenvalue weighted by atomic mass is 16.6. The number of benzene rings is 1. The molecule has 0 aliphatic carbocycles. The normalized spacial score (nSPS) is 17.9. The fourth-order valence-corrected chi connectivity index (χ4v) is 1.70. The average molecular weight is 279 g/mol. The van der Waals surface area contributed by atoms with Gasteiger partial charge in [-0.1, -0.05) is 18.2 Å². The summed E-state index contributed by atoms with van der Waals surface area (Å²) in [5.74, 6) is 1.21. The number of nitrogens with one attached hydrogen (secondary N) is 1. The van der Waals surface area contributed by atoms with Gasteiger partial charge in [-0.2, -0.15) is 0 Å². The second kappa shape index (κ2) is 6.81. The highest BCUT2D eigenvalue weighted by Crippen LogP contribution is 2.31. The summed E-state index contributed by atoms with van der Waals surface area (Å²) in [6.07, 6.45) is -0.608. The minimum atomic E-state index is -0.960. The predicted octanol–water partition coefficient (Wildman–Crippen LogP) is 1.10. The summed E-state index contributed by atoms with van der Waals surface area (Å²) in [4.78, 5) is 11.2. The Morgan fingerprint density at radius 1 is 1.55 bits per heavy atom. The van der Waals surface area contributed by atoms with E-state index in [-0.39, 0.29) is 13.2 Å². The van der Waals surface area contributed by atoms with Crippen molar-refractivity contribution in [3.8, 4) is 11.5 Å². The van der Waals surface area contributed by atoms with Gasteiger partial charge in [-0.05, 0) is 12.1 Å². The fraction of sp³-hybridized carbons (Fsp3) is 0.357. The molecule has 2 rings (SSSR count). The van der Waals surface area contributed by atoms with Crippen LogP contribution in [0.25, 0.3) is 0 Å². The minimum Gasteiger partial charge on any atom is -0.486 e. The van der Waals surface area contributed by atoms with Gasteiger partial charge in [0.2, 0.25) is 0 Å². The maximum atomic E-state index is 11.2. The molecule has 0 bridgehead atoms. The van der Waals surface area contributed by atoms with Crippen molar-refractivity contribution in [2.75, 3.05) is 19.8 Å². The standard InChI is InChI=1S/C14H17NO5/c1-2-7-15-14(17)19-8-10(16)13-9-18-11-5-3-4-6-12(11)20-13/h2-6,10,13,16H,1,7-9H2,(H,15,17). The van der Waals surface area contributed by atoms with Crippen LogP contribution in [0.5, 0.6) is 11.5 Å². The number of aliphatic hydroxyl groups excluding tert-OH is 1. The number of alkyl carbamates (subject to hydrolysis) is 1. The number of carbonyl (C=O) groups excluding carboxylic acids is 1. The summed E-state index contributed by atoms with van der Waals surface area (Å²) in [5, 5.41) is 12.4. The van der Waals surface area contributed by atoms with Gasteiger partial charge in [0.15, 0.2) is 17.6 Å². The van der Waals surface area contributed by atoms with Crippen molar-refractivity contribution in [2.45, 2.75) is 12.2 Å². The van der Waals surface area contributed by atoms with Crippen LogP contribution in [0.1, 0.15) is 0 Å². The van der Waals surface area contributed by atoms with E-state index in [1.165, 1.54) is 6.08 Å². The van der Waals surface area contributed by atoms with Crippen molar-refractivity contribution in [2.24, 2.45) is 0 Å². The number of hydrogen-bond donors (Lipinski definition) is 2. The van der Waals surface area contributed by atoms with E-state index in [0.29, 0.717) is 18.0 Å². The highest BCUT2D eigenvalue weighted by molar-refractivity contribution is 5.67. The molecule has 1 aromatic carbocycles. The first-order valence-corrected chi connectivity index (χ1v) is 6.28. The Labute approximate surface area is 117 Å². The lowest BCUT2D eigenvalue weighted by molar-refractivity contribution is -0.0378. The second-order valence-corrected chi connectivity index (χ2v) is 4.25. The summed E-state index contributed by atoms with van der Waals surface area (Å²) in [6.45, 7) is 3.81. The number of rotatable bonds is 5. The monoisotopic (exact) mass is 279 g/mol. The van der Waals surface area contributed by atoms with Crippen LogP contribution in [-0.2, 0) is 4.74 Å². The first kappa shape index (κ1) is 14.2. The summed E-state index contributed by atoms with van der Waals surface area (Å²) in [5.41, 5.74) is 0. The molecule has 2 atom stereocenters. The number of amides is 1. The summed E-state index contributed by atoms with van der Waals surface area (Å²) >= 11 is 0. The zero-order chi connectivity index (χ0) is 14.4. The van der Waals surface area contributed by atoms with E-state index in [0.717, 1.165) is 0 Å². The Kier molecular flexibility index (Phi) is 4.84. The van der Waals surface area contributed by atoms with Crippen LogP contribution in [-0.4, -0.2) is 43.2 Å². The van der Waals surface area contributed by atoms with Gasteiger partial charge >= 0.3 is 6.09 Å². The molecule has 0 fully saturated rings. The first-order chi connectivity index (χ1) is 9.70. The van der Waals surface area contributed by atoms with E-state index < -0.39 is 18.3 Å². The molecule has 2 N–H and O–H groups in total. The zero-order valence-corrected chi connectivity index (χ0v) is 11.0. The molecule has 6 nitrogen and oxygen atoms in total. The van der Waals surface area contributed by atoms with E-state index in [4.69, 9.17) is 14.2 Å². The van der Waals surface area contributed by atoms with E-state index in [1.807, 2.05) is 12.1 Å². The Balaban J connectivity index is 1.81. The lowest BCUT2D eigenvalue weighted by Gasteiger charge is -2.29. The van der Waals surface area contributed by atoms with Crippen molar-refractivity contribution in [3.05, 3.63) is 36.9 Å². The fourth-order valence-electron chi connectivity index (χ4n) is 1.70. The minimum absolute atomic E-state index is 0.167. The molecule has 1 amide bonds. The van der Waals surface area contributed by atoms with Crippen LogP contribution in [0.3, 0.4) is 0 Å². The highest BCUT2D eigenvalue weighted by Gasteiger charge is 2.28. The quantitative estimate of drug-likeness (QED) is 0.789. The van der Waals surface area contributed by atoms with Crippen LogP contribution in [0.2, 0.25) is 0 Å². The molecule has 1 heterocycles. The third kappa shape index (κ3) is 3.64. The maximum absolute atomic E-state index is 11.2. The van der Waals surface area contributed by atoms with Gasteiger partial charge in [0.1, 0.15) is 19.3 Å². The lowest BCUT2D eigenvalue weighted by atomic mass is 10.2. The Bertz CT molecular complexity index is 476. The maximum Gasteiger partial charge on any atom is 0.407 e. The van der Waals surface area contributed by atoms with Crippen molar-refractivity contribution >= 4 is 6.09 Å². The summed E-state index contributed by atoms with van der Waals surface area (Å²) in [6, 6.07) is 7.20. The molecular formula is C14H17NO5. The van der Waals surface area contributed by atoms with E-state index in [9.17, 15) is 9.90 Å². The van der Waals surface area contributed by atoms with Gasteiger partial charge in [-0.15, -0.1) is 6.58 Å². The average Bonchev–Trinajstić information content (AvgIpc) is 2.50. The number of hydrogen-bond acceptors (Lipinski definition) is 5. The van der Waals surface area contributed by atoms with E-state index in [1.54, 1.807) is 12.1 Å². The van der Waals surface area contributed by atoms with Crippen molar-refractivity contribution in [1.29, 1.82) is 0 Å². The lowest BCUT2D eigenvalue weighted by Crippen LogP contribution is -2.43. The van der Waals surface area contributed by atoms with Gasteiger partial charge in [0.05, 0.1) is 0 Å². The van der Waals surface area contributed by atoms with Gasteiger partial charge in [0, 0.05) is 6.54 Å². The molecule has 0 saturated heterocycles. The van der Waals surface area contributed by atoms with Gasteiger partial charge in [0.25, 0.3) is 0 Å². The molecule has 20 heavy (non-hydrogen) atoms. The molecule has 108 valence electrons. The molecule has 6 heteroatoms. The third-order valence-corrected chi connectivity index (χ3v) is 2.74. The van der Waals surface area contributed by atoms with Gasteiger partial charge < -0.3 is 24.6 Å². The Hall–Kier alpha value is -2.21. The van der Waals surface area contributed by atoms with Crippen LogP contribution < -0.4 is 14.8 Å². The second-order valence-electron chi connectivity index (χ2n) is 4.25. The Morgan fingerprint density at radius 2 is 2.30 bits per heavy atom. The smallest absolute Gasteiger partial charge is 0.407 e. The molecule has 1 aliphatic heterocycles. The predicted molar refractivity (Wildman–Crippen MR) is 71.9 cm³/mol. The number of fused-ring (bicyclic) bond motifs is 1. The van der Waals surface area contributed by atoms with E-state index >= 15 is 0 Å². The van der Waals surface area contributed by atoms with Crippen LogP contribution in [0.15, 0.2) is 36.9 Å². The van der Waals surface area contributed by atoms with Crippen LogP contribution in [0, 0.1) is 0 Å². The molecule has 0 spiro atoms. The van der Waals surface area contributed by atoms with Crippen LogP contribution in [0.4, 0.5) is 4.79 Å². The zero-order valence-electron chi connectivity index (χ0n) is 11.0. The molecule has 0 saturated carbocycles. The summed E-state index contributed by atoms with van der Waals surface area (Å²) in [7, 11) is 0. The van der Waals surface area contributed by atoms with Gasteiger partial charge in [-0.3, -0.25) is 0 Å². The number of para-hydroxylation sites is 2. The molecular weight excluding hydrogens is 262 g/mol. The largest absolute Gasteiger partial charge is 0.486 e. The van der Waals surface area contributed by atoms with Crippen molar-refractivity contribution in [3.63, 3.8) is 0 Å². The van der Waals surface area contributed by atoms with Crippen molar-refractivity contribution < 1.29 is 24.1 Å². The summed E-state index contributed by atoms with van der Waals surface area (Å²) < 4.78 is 15.9. The number of carbonyl (C=O) groups is 1. The Morgan fingerprint density at radius 3 is 3.05 bits per heavy atom.